The first-order chi connectivity index (χ1) is 19.7. The van der Waals surface area contributed by atoms with E-state index >= 15 is 0 Å². The lowest BCUT2D eigenvalue weighted by atomic mass is 9.91. The highest BCUT2D eigenvalue weighted by molar-refractivity contribution is 5.68. The summed E-state index contributed by atoms with van der Waals surface area (Å²) in [6.45, 7) is 11.4. The van der Waals surface area contributed by atoms with Crippen molar-refractivity contribution in [3.05, 3.63) is 64.7 Å². The maximum atomic E-state index is 11.4. The first-order valence-corrected chi connectivity index (χ1v) is 14.1. The van der Waals surface area contributed by atoms with Gasteiger partial charge in [-0.25, -0.2) is 9.59 Å². The summed E-state index contributed by atoms with van der Waals surface area (Å²) in [7, 11) is 8.89. The van der Waals surface area contributed by atoms with Gasteiger partial charge < -0.3 is 34.4 Å². The number of benzene rings is 2. The van der Waals surface area contributed by atoms with E-state index in [2.05, 4.69) is 29.3 Å². The molecule has 0 aliphatic carbocycles. The Bertz CT molecular complexity index is 1050. The molecule has 2 aromatic rings. The lowest BCUT2D eigenvalue weighted by Crippen LogP contribution is -2.37. The predicted molar refractivity (Wildman–Crippen MR) is 163 cm³/mol. The summed E-state index contributed by atoms with van der Waals surface area (Å²) in [4.78, 5) is 27.7. The Morgan fingerprint density at radius 3 is 2.20 bits per heavy atom. The minimum atomic E-state index is -0.881. The van der Waals surface area contributed by atoms with Crippen molar-refractivity contribution in [2.45, 2.75) is 46.3 Å². The highest BCUT2D eigenvalue weighted by Crippen LogP contribution is 2.28. The number of rotatable bonds is 7. The van der Waals surface area contributed by atoms with Crippen LogP contribution in [0, 0.1) is 0 Å². The third-order valence-electron chi connectivity index (χ3n) is 6.46. The lowest BCUT2D eigenvalue weighted by molar-refractivity contribution is 0.115. The number of carboxylic acid groups (broad SMARTS) is 1. The zero-order valence-electron chi connectivity index (χ0n) is 26.1. The van der Waals surface area contributed by atoms with Crippen LogP contribution < -0.4 is 10.1 Å². The summed E-state index contributed by atoms with van der Waals surface area (Å²) in [5.74, 6) is 1.18. The van der Waals surface area contributed by atoms with E-state index in [-0.39, 0.29) is 6.09 Å². The summed E-state index contributed by atoms with van der Waals surface area (Å²) in [5, 5.41) is 11.8. The van der Waals surface area contributed by atoms with Gasteiger partial charge in [-0.15, -0.1) is 0 Å². The van der Waals surface area contributed by atoms with Gasteiger partial charge in [0.2, 0.25) is 0 Å². The number of carbonyl (C=O) groups is 2. The zero-order chi connectivity index (χ0) is 30.8. The molecule has 1 atom stereocenters. The van der Waals surface area contributed by atoms with Crippen LogP contribution in [0.2, 0.25) is 0 Å². The largest absolute Gasteiger partial charge is 0.492 e. The minimum absolute atomic E-state index is 0.239. The number of methoxy groups -OCH3 is 2. The average Bonchev–Trinajstić information content (AvgIpc) is 3.41. The Kier molecular flexibility index (Phi) is 17.1. The molecule has 4 rings (SSSR count). The fraction of sp³-hybridized carbons (Fsp3) is 0.548. The third kappa shape index (κ3) is 12.0. The van der Waals surface area contributed by atoms with E-state index in [0.717, 1.165) is 36.5 Å². The Balaban J connectivity index is 0.000000368. The number of hydrogen-bond donors (Lipinski definition) is 2. The van der Waals surface area contributed by atoms with Crippen LogP contribution in [0.15, 0.2) is 42.5 Å². The second-order valence-corrected chi connectivity index (χ2v) is 9.66. The van der Waals surface area contributed by atoms with Crippen LogP contribution in [-0.4, -0.2) is 100 Å². The molecule has 0 fully saturated rings. The Morgan fingerprint density at radius 2 is 1.56 bits per heavy atom. The molecule has 41 heavy (non-hydrogen) atoms. The minimum Gasteiger partial charge on any atom is -0.492 e. The van der Waals surface area contributed by atoms with Gasteiger partial charge in [-0.2, -0.15) is 0 Å². The lowest BCUT2D eigenvalue weighted by Gasteiger charge is -2.31. The highest BCUT2D eigenvalue weighted by atomic mass is 16.5. The van der Waals surface area contributed by atoms with Gasteiger partial charge in [-0.05, 0) is 61.4 Å². The number of nitrogens with zero attached hydrogens (tertiary/aromatic N) is 3. The van der Waals surface area contributed by atoms with Crippen molar-refractivity contribution >= 4 is 12.2 Å². The van der Waals surface area contributed by atoms with E-state index in [9.17, 15) is 9.59 Å². The van der Waals surface area contributed by atoms with E-state index < -0.39 is 6.09 Å². The molecule has 0 spiro atoms. The fourth-order valence-corrected chi connectivity index (χ4v) is 4.40. The molecule has 2 aliphatic rings. The third-order valence-corrected chi connectivity index (χ3v) is 6.46. The summed E-state index contributed by atoms with van der Waals surface area (Å²) in [5.41, 5.74) is 4.66. The zero-order valence-corrected chi connectivity index (χ0v) is 26.1. The van der Waals surface area contributed by atoms with Crippen molar-refractivity contribution in [3.63, 3.8) is 0 Å². The number of hydrogen-bond acceptors (Lipinski definition) is 7. The van der Waals surface area contributed by atoms with Crippen molar-refractivity contribution in [1.29, 1.82) is 0 Å². The second-order valence-electron chi connectivity index (χ2n) is 9.66. The molecule has 2 amide bonds. The van der Waals surface area contributed by atoms with Crippen LogP contribution in [-0.2, 0) is 29.1 Å². The van der Waals surface area contributed by atoms with Crippen LogP contribution >= 0.6 is 0 Å². The molecule has 10 heteroatoms. The Labute approximate surface area is 246 Å². The van der Waals surface area contributed by atoms with Crippen LogP contribution in [0.4, 0.5) is 9.59 Å². The van der Waals surface area contributed by atoms with E-state index in [1.54, 1.807) is 12.0 Å². The SMILES string of the molecule is CC.CNC.COC(=O)N1Cc2ccccc2C(C)C1.COCCN(C)CCOc1ccc2c(c1)CN(C(=O)O)C2. The number of amides is 2. The smallest absolute Gasteiger partial charge is 0.409 e. The van der Waals surface area contributed by atoms with Crippen molar-refractivity contribution in [1.82, 2.24) is 20.0 Å². The molecular weight excluding hydrogens is 524 g/mol. The Hall–Kier alpha value is -3.34. The summed E-state index contributed by atoms with van der Waals surface area (Å²) < 4.78 is 15.5. The maximum absolute atomic E-state index is 11.4. The van der Waals surface area contributed by atoms with Crippen molar-refractivity contribution < 1.29 is 28.9 Å². The van der Waals surface area contributed by atoms with E-state index in [0.29, 0.717) is 38.8 Å². The molecule has 0 saturated heterocycles. The van der Waals surface area contributed by atoms with Gasteiger partial charge in [0.05, 0.1) is 13.7 Å². The highest BCUT2D eigenvalue weighted by Gasteiger charge is 2.25. The molecule has 0 aromatic heterocycles. The van der Waals surface area contributed by atoms with Gasteiger partial charge >= 0.3 is 12.2 Å². The monoisotopic (exact) mass is 574 g/mol. The molecule has 2 N–H and O–H groups in total. The normalized spacial score (nSPS) is 14.7. The van der Waals surface area contributed by atoms with Gasteiger partial charge in [0, 0.05) is 46.4 Å². The summed E-state index contributed by atoms with van der Waals surface area (Å²) in [6, 6.07) is 14.0. The standard InChI is InChI=1S/C15H22N2O4.C12H15NO2.C2H7N.C2H6/c1-16(5-7-20-2)6-8-21-14-4-3-12-10-17(15(18)19)11-13(12)9-14;1-9-7-13(12(14)15-2)8-10-5-3-4-6-11(9)10;1-3-2;1-2/h3-4,9H,5-8,10-11H2,1-2H3,(H,18,19);3-6,9H,7-8H2,1-2H3;3H,1-2H3;1-2H3. The fourth-order valence-electron chi connectivity index (χ4n) is 4.40. The molecule has 2 aromatic carbocycles. The molecule has 0 saturated carbocycles. The molecule has 1 unspecified atom stereocenters. The first-order valence-electron chi connectivity index (χ1n) is 14.1. The quantitative estimate of drug-likeness (QED) is 0.483. The van der Waals surface area contributed by atoms with Gasteiger partial charge in [-0.3, -0.25) is 4.90 Å². The van der Waals surface area contributed by atoms with Crippen LogP contribution in [0.1, 0.15) is 48.9 Å². The molecule has 2 aliphatic heterocycles. The predicted octanol–water partition coefficient (Wildman–Crippen LogP) is 4.87. The summed E-state index contributed by atoms with van der Waals surface area (Å²) >= 11 is 0. The van der Waals surface area contributed by atoms with Crippen LogP contribution in [0.5, 0.6) is 5.75 Å². The molecule has 230 valence electrons. The number of likely N-dealkylation sites (N-methyl/N-ethyl adjacent to an activating group) is 1. The summed E-state index contributed by atoms with van der Waals surface area (Å²) in [6.07, 6.45) is -1.12. The van der Waals surface area contributed by atoms with E-state index in [1.165, 1.54) is 23.1 Å². The maximum Gasteiger partial charge on any atom is 0.409 e. The number of fused-ring (bicyclic) bond motifs is 2. The molecule has 0 radical (unpaired) electrons. The van der Waals surface area contributed by atoms with Crippen LogP contribution in [0.3, 0.4) is 0 Å². The van der Waals surface area contributed by atoms with E-state index in [1.807, 2.05) is 65.3 Å². The number of carbonyl (C=O) groups excluding carboxylic acids is 1. The van der Waals surface area contributed by atoms with Crippen molar-refractivity contribution in [3.8, 4) is 5.75 Å². The molecule has 2 heterocycles. The van der Waals surface area contributed by atoms with Gasteiger partial charge in [0.1, 0.15) is 12.4 Å². The van der Waals surface area contributed by atoms with Crippen LogP contribution in [0.25, 0.3) is 0 Å². The average molecular weight is 575 g/mol. The van der Waals surface area contributed by atoms with Crippen molar-refractivity contribution in [2.24, 2.45) is 0 Å². The molecule has 10 nitrogen and oxygen atoms in total. The van der Waals surface area contributed by atoms with Crippen molar-refractivity contribution in [2.75, 3.05) is 68.2 Å². The first kappa shape index (κ1) is 35.7. The van der Waals surface area contributed by atoms with E-state index in [4.69, 9.17) is 19.3 Å². The molecular formula is C31H50N4O6. The van der Waals surface area contributed by atoms with Gasteiger partial charge in [0.25, 0.3) is 0 Å². The molecule has 0 bridgehead atoms. The number of nitrogens with one attached hydrogen (secondary N) is 1. The second kappa shape index (κ2) is 19.7. The number of ether oxygens (including phenoxy) is 3. The van der Waals surface area contributed by atoms with Gasteiger partial charge in [-0.1, -0.05) is 51.1 Å². The topological polar surface area (TPSA) is 104 Å². The Morgan fingerprint density at radius 1 is 0.951 bits per heavy atom. The van der Waals surface area contributed by atoms with Gasteiger partial charge in [0.15, 0.2) is 0 Å².